The molecule has 6 heteroatoms. The summed E-state index contributed by atoms with van der Waals surface area (Å²) in [5, 5.41) is 13.1. The summed E-state index contributed by atoms with van der Waals surface area (Å²) in [6.45, 7) is 0.997. The molecule has 1 aliphatic heterocycles. The van der Waals surface area contributed by atoms with Crippen LogP contribution in [0.2, 0.25) is 0 Å². The van der Waals surface area contributed by atoms with E-state index in [-0.39, 0.29) is 12.1 Å². The van der Waals surface area contributed by atoms with Crippen LogP contribution in [0.15, 0.2) is 49.1 Å². The van der Waals surface area contributed by atoms with Crippen molar-refractivity contribution >= 4 is 6.03 Å². The van der Waals surface area contributed by atoms with Crippen molar-refractivity contribution in [1.29, 1.82) is 0 Å². The number of aromatic nitrogens is 2. The van der Waals surface area contributed by atoms with Crippen LogP contribution in [-0.2, 0) is 13.0 Å². The van der Waals surface area contributed by atoms with Crippen molar-refractivity contribution in [2.45, 2.75) is 31.5 Å². The Morgan fingerprint density at radius 1 is 1.22 bits per heavy atom. The predicted octanol–water partition coefficient (Wildman–Crippen LogP) is 1.36. The lowest BCUT2D eigenvalue weighted by molar-refractivity contribution is 0.122. The molecule has 6 nitrogen and oxygen atoms in total. The lowest BCUT2D eigenvalue weighted by Gasteiger charge is -2.26. The maximum absolute atomic E-state index is 12.4. The van der Waals surface area contributed by atoms with Crippen LogP contribution in [0.4, 0.5) is 4.79 Å². The number of hydrogen-bond donors (Lipinski definition) is 2. The summed E-state index contributed by atoms with van der Waals surface area (Å²) in [6.07, 6.45) is 7.63. The van der Waals surface area contributed by atoms with Crippen LogP contribution in [0.25, 0.3) is 0 Å². The maximum atomic E-state index is 12.4. The van der Waals surface area contributed by atoms with Gasteiger partial charge in [0.2, 0.25) is 0 Å². The van der Waals surface area contributed by atoms with Crippen LogP contribution >= 0.6 is 0 Å². The van der Waals surface area contributed by atoms with Crippen LogP contribution in [0.5, 0.6) is 0 Å². The zero-order valence-corrected chi connectivity index (χ0v) is 12.8. The number of aliphatic hydroxyl groups is 1. The van der Waals surface area contributed by atoms with Gasteiger partial charge in [-0.15, -0.1) is 0 Å². The second-order valence-electron chi connectivity index (χ2n) is 5.70. The van der Waals surface area contributed by atoms with E-state index in [9.17, 15) is 9.90 Å². The van der Waals surface area contributed by atoms with Gasteiger partial charge in [0.05, 0.1) is 12.1 Å². The Morgan fingerprint density at radius 3 is 2.78 bits per heavy atom. The molecule has 2 amide bonds. The minimum atomic E-state index is -0.493. The Kier molecular flexibility index (Phi) is 4.83. The first-order valence-corrected chi connectivity index (χ1v) is 7.74. The quantitative estimate of drug-likeness (QED) is 0.893. The van der Waals surface area contributed by atoms with E-state index in [1.165, 1.54) is 0 Å². The number of amides is 2. The van der Waals surface area contributed by atoms with E-state index in [0.717, 1.165) is 11.1 Å². The van der Waals surface area contributed by atoms with Gasteiger partial charge in [0, 0.05) is 37.9 Å². The topological polar surface area (TPSA) is 78.4 Å². The summed E-state index contributed by atoms with van der Waals surface area (Å²) >= 11 is 0. The summed E-state index contributed by atoms with van der Waals surface area (Å²) in [5.74, 6) is 0. The summed E-state index contributed by atoms with van der Waals surface area (Å²) in [5.41, 5.74) is 2.02. The number of aliphatic hydroxyl groups excluding tert-OH is 1. The zero-order chi connectivity index (χ0) is 16.1. The van der Waals surface area contributed by atoms with E-state index in [2.05, 4.69) is 15.3 Å². The molecule has 120 valence electrons. The van der Waals surface area contributed by atoms with Gasteiger partial charge < -0.3 is 15.3 Å². The monoisotopic (exact) mass is 312 g/mol. The maximum Gasteiger partial charge on any atom is 0.318 e. The highest BCUT2D eigenvalue weighted by Gasteiger charge is 2.35. The molecule has 1 aliphatic rings. The Balaban J connectivity index is 1.62. The molecule has 0 saturated carbocycles. The number of carbonyl (C=O) groups excluding carboxylic acids is 1. The number of nitrogens with one attached hydrogen (secondary N) is 1. The molecule has 0 radical (unpaired) electrons. The first-order valence-electron chi connectivity index (χ1n) is 7.74. The normalized spacial score (nSPS) is 20.5. The number of hydrogen-bond acceptors (Lipinski definition) is 4. The van der Waals surface area contributed by atoms with Crippen molar-refractivity contribution in [3.8, 4) is 0 Å². The SMILES string of the molecule is O=C(NCc1cccnc1)N1CC[C@@H](O)[C@H]1Cc1ccncc1. The van der Waals surface area contributed by atoms with E-state index in [1.807, 2.05) is 24.3 Å². The zero-order valence-electron chi connectivity index (χ0n) is 12.8. The number of carbonyl (C=O) groups is 1. The molecule has 2 aromatic rings. The lowest BCUT2D eigenvalue weighted by Crippen LogP contribution is -2.46. The van der Waals surface area contributed by atoms with Gasteiger partial charge in [-0.05, 0) is 42.2 Å². The van der Waals surface area contributed by atoms with Crippen LogP contribution in [0.1, 0.15) is 17.5 Å². The highest BCUT2D eigenvalue weighted by Crippen LogP contribution is 2.21. The Labute approximate surface area is 135 Å². The van der Waals surface area contributed by atoms with Gasteiger partial charge in [0.15, 0.2) is 0 Å². The minimum Gasteiger partial charge on any atom is -0.391 e. The molecule has 1 saturated heterocycles. The van der Waals surface area contributed by atoms with E-state index < -0.39 is 6.10 Å². The average molecular weight is 312 g/mol. The highest BCUT2D eigenvalue weighted by atomic mass is 16.3. The van der Waals surface area contributed by atoms with Crippen molar-refractivity contribution < 1.29 is 9.90 Å². The summed E-state index contributed by atoms with van der Waals surface area (Å²) < 4.78 is 0. The first kappa shape index (κ1) is 15.4. The van der Waals surface area contributed by atoms with Gasteiger partial charge in [-0.2, -0.15) is 0 Å². The van der Waals surface area contributed by atoms with Crippen LogP contribution in [0, 0.1) is 0 Å². The molecule has 23 heavy (non-hydrogen) atoms. The second kappa shape index (κ2) is 7.19. The van der Waals surface area contributed by atoms with Gasteiger partial charge in [-0.1, -0.05) is 6.07 Å². The highest BCUT2D eigenvalue weighted by molar-refractivity contribution is 5.75. The third-order valence-electron chi connectivity index (χ3n) is 4.13. The van der Waals surface area contributed by atoms with E-state index in [4.69, 9.17) is 0 Å². The Bertz CT molecular complexity index is 636. The molecule has 0 aliphatic carbocycles. The standard InChI is InChI=1S/C17H20N4O2/c22-16-5-9-21(15(16)10-13-3-7-18-8-4-13)17(23)20-12-14-2-1-6-19-11-14/h1-4,6-8,11,15-16,22H,5,9-10,12H2,(H,20,23)/t15-,16-/m1/s1. The molecule has 2 atom stereocenters. The van der Waals surface area contributed by atoms with E-state index in [0.29, 0.717) is 25.9 Å². The van der Waals surface area contributed by atoms with Crippen molar-refractivity contribution in [3.63, 3.8) is 0 Å². The van der Waals surface area contributed by atoms with Gasteiger partial charge >= 0.3 is 6.03 Å². The molecule has 0 bridgehead atoms. The Morgan fingerprint density at radius 2 is 2.04 bits per heavy atom. The smallest absolute Gasteiger partial charge is 0.318 e. The molecule has 2 aromatic heterocycles. The summed E-state index contributed by atoms with van der Waals surface area (Å²) in [7, 11) is 0. The van der Waals surface area contributed by atoms with E-state index in [1.54, 1.807) is 29.7 Å². The number of rotatable bonds is 4. The number of urea groups is 1. The van der Waals surface area contributed by atoms with Gasteiger partial charge in [0.1, 0.15) is 0 Å². The molecular formula is C17H20N4O2. The summed E-state index contributed by atoms with van der Waals surface area (Å²) in [4.78, 5) is 22.2. The molecular weight excluding hydrogens is 292 g/mol. The molecule has 0 aromatic carbocycles. The fourth-order valence-corrected chi connectivity index (χ4v) is 2.88. The van der Waals surface area contributed by atoms with Gasteiger partial charge in [-0.3, -0.25) is 9.97 Å². The summed E-state index contributed by atoms with van der Waals surface area (Å²) in [6, 6.07) is 7.23. The van der Waals surface area contributed by atoms with Crippen LogP contribution in [-0.4, -0.2) is 44.7 Å². The van der Waals surface area contributed by atoms with E-state index >= 15 is 0 Å². The van der Waals surface area contributed by atoms with Crippen molar-refractivity contribution in [2.75, 3.05) is 6.54 Å². The number of pyridine rings is 2. The van der Waals surface area contributed by atoms with Crippen molar-refractivity contribution in [1.82, 2.24) is 20.2 Å². The number of likely N-dealkylation sites (tertiary alicyclic amines) is 1. The number of nitrogens with zero attached hydrogens (tertiary/aromatic N) is 3. The predicted molar refractivity (Wildman–Crippen MR) is 85.5 cm³/mol. The van der Waals surface area contributed by atoms with Crippen molar-refractivity contribution in [3.05, 3.63) is 60.2 Å². The molecule has 0 unspecified atom stereocenters. The third-order valence-corrected chi connectivity index (χ3v) is 4.13. The van der Waals surface area contributed by atoms with Gasteiger partial charge in [-0.25, -0.2) is 4.79 Å². The molecule has 3 heterocycles. The molecule has 3 rings (SSSR count). The minimum absolute atomic E-state index is 0.149. The first-order chi connectivity index (χ1) is 11.2. The fourth-order valence-electron chi connectivity index (χ4n) is 2.88. The second-order valence-corrected chi connectivity index (χ2v) is 5.70. The third kappa shape index (κ3) is 3.84. The Hall–Kier alpha value is -2.47. The largest absolute Gasteiger partial charge is 0.391 e. The van der Waals surface area contributed by atoms with Crippen molar-refractivity contribution in [2.24, 2.45) is 0 Å². The average Bonchev–Trinajstić information content (AvgIpc) is 2.95. The van der Waals surface area contributed by atoms with Crippen LogP contribution in [0.3, 0.4) is 0 Å². The molecule has 0 spiro atoms. The van der Waals surface area contributed by atoms with Crippen LogP contribution < -0.4 is 5.32 Å². The molecule has 1 fully saturated rings. The van der Waals surface area contributed by atoms with Gasteiger partial charge in [0.25, 0.3) is 0 Å². The lowest BCUT2D eigenvalue weighted by atomic mass is 10.0. The fraction of sp³-hybridized carbons (Fsp3) is 0.353. The molecule has 2 N–H and O–H groups in total.